The van der Waals surface area contributed by atoms with Crippen molar-refractivity contribution in [1.82, 2.24) is 39.9 Å². The normalized spacial score (nSPS) is 11.5. The molecule has 0 aliphatic carbocycles. The molecule has 8 aromatic heterocycles. The van der Waals surface area contributed by atoms with Gasteiger partial charge in [0, 0.05) is 90.1 Å². The van der Waals surface area contributed by atoms with E-state index >= 15 is 0 Å². The summed E-state index contributed by atoms with van der Waals surface area (Å²) < 4.78 is 0. The molecule has 8 nitrogen and oxygen atoms in total. The Morgan fingerprint density at radius 1 is 0.148 bits per heavy atom. The van der Waals surface area contributed by atoms with Crippen molar-refractivity contribution in [2.45, 2.75) is 0 Å². The lowest BCUT2D eigenvalue weighted by Crippen LogP contribution is -1.90. The Balaban J connectivity index is 0.000000144. The van der Waals surface area contributed by atoms with E-state index in [1.807, 2.05) is 49.1 Å². The van der Waals surface area contributed by atoms with Crippen LogP contribution in [-0.2, 0) is 0 Å². The number of aromatic nitrogens is 8. The quantitative estimate of drug-likeness (QED) is 0.125. The summed E-state index contributed by atoms with van der Waals surface area (Å²) in [6.45, 7) is 0. The Morgan fingerprint density at radius 2 is 0.472 bits per heavy atom. The molecule has 0 fully saturated rings. The van der Waals surface area contributed by atoms with Crippen LogP contribution >= 0.6 is 0 Å². The third-order valence-corrected chi connectivity index (χ3v) is 20.8. The van der Waals surface area contributed by atoms with Gasteiger partial charge in [0.25, 0.3) is 0 Å². The SMILES string of the molecule is c1ccc(-c2cc(-c3ccccc3)cc(-c3ccc4ccc(-c5ccc6ccc(-c7ccc(-c8cc9cccnc9c9ncccc89)cc7)nc6c5)nc4c3)c2)cc1.c1ccc2c(-c3ccc4ccc(-c5ccc6ccc(-c7ccc(-c8cc9cccnc9c9ncccc89)cc7)nc6c5)nc4c3)cccc2c1. The molecule has 0 N–H and O–H groups in total. The number of nitrogens with zero attached hydrogens (tertiary/aromatic N) is 8. The molecule has 502 valence electrons. The number of fused-ring (bicyclic) bond motifs is 11. The van der Waals surface area contributed by atoms with E-state index in [1.165, 1.54) is 38.6 Å². The van der Waals surface area contributed by atoms with Crippen LogP contribution in [0.4, 0.5) is 0 Å². The number of rotatable bonds is 10. The van der Waals surface area contributed by atoms with Crippen LogP contribution in [0.5, 0.6) is 0 Å². The summed E-state index contributed by atoms with van der Waals surface area (Å²) >= 11 is 0. The Morgan fingerprint density at radius 3 is 0.944 bits per heavy atom. The first kappa shape index (κ1) is 63.1. The van der Waals surface area contributed by atoms with Gasteiger partial charge in [0.05, 0.1) is 66.9 Å². The van der Waals surface area contributed by atoms with E-state index in [9.17, 15) is 0 Å². The van der Waals surface area contributed by atoms with Gasteiger partial charge in [-0.15, -0.1) is 0 Å². The highest BCUT2D eigenvalue weighted by Gasteiger charge is 2.17. The lowest BCUT2D eigenvalue weighted by Gasteiger charge is -2.12. The molecule has 0 unspecified atom stereocenters. The van der Waals surface area contributed by atoms with Gasteiger partial charge in [-0.3, -0.25) is 19.9 Å². The van der Waals surface area contributed by atoms with E-state index in [-0.39, 0.29) is 0 Å². The average molecular weight is 1380 g/mol. The topological polar surface area (TPSA) is 103 Å². The summed E-state index contributed by atoms with van der Waals surface area (Å²) in [5.74, 6) is 0. The van der Waals surface area contributed by atoms with Gasteiger partial charge in [-0.05, 0) is 181 Å². The second-order valence-electron chi connectivity index (χ2n) is 27.4. The molecule has 0 aliphatic heterocycles. The van der Waals surface area contributed by atoms with Crippen LogP contribution in [-0.4, -0.2) is 39.9 Å². The Kier molecular flexibility index (Phi) is 15.7. The van der Waals surface area contributed by atoms with Gasteiger partial charge >= 0.3 is 0 Å². The lowest BCUT2D eigenvalue weighted by atomic mass is 9.93. The van der Waals surface area contributed by atoms with Crippen molar-refractivity contribution in [1.29, 1.82) is 0 Å². The minimum absolute atomic E-state index is 0.915. The third-order valence-electron chi connectivity index (χ3n) is 20.8. The molecular weight excluding hydrogens is 1310 g/mol. The summed E-state index contributed by atoms with van der Waals surface area (Å²) in [6.07, 6.45) is 7.32. The van der Waals surface area contributed by atoms with Gasteiger partial charge in [0.15, 0.2) is 0 Å². The van der Waals surface area contributed by atoms with Crippen molar-refractivity contribution in [3.05, 3.63) is 377 Å². The largest absolute Gasteiger partial charge is 0.254 e. The molecule has 0 saturated heterocycles. The highest BCUT2D eigenvalue weighted by Crippen LogP contribution is 2.40. The van der Waals surface area contributed by atoms with Crippen molar-refractivity contribution >= 4 is 98.0 Å². The maximum atomic E-state index is 5.22. The molecular formula is C100H62N8. The van der Waals surface area contributed by atoms with Gasteiger partial charge in [-0.1, -0.05) is 249 Å². The zero-order chi connectivity index (χ0) is 71.4. The second kappa shape index (κ2) is 26.9. The summed E-state index contributed by atoms with van der Waals surface area (Å²) in [6, 6.07) is 124. The van der Waals surface area contributed by atoms with Crippen molar-refractivity contribution in [3.63, 3.8) is 0 Å². The standard InChI is InChI=1S/C54H34N4.C46H28N4/c1-3-9-35(10-4-1)44-29-45(36-11-5-2-6-12-36)31-46(30-44)41-21-19-39-24-26-50(58-51(39)33-41)42-22-20-40-23-25-49(57-52(40)34-42)38-17-15-37(16-18-38)48-32-43-13-7-27-55-53(43)54-47(48)14-8-28-56-54;1-2-9-37-29(6-1)7-3-10-38(37)34-18-16-32-21-23-42(50-43(32)27-34)35-19-17-33-20-22-41(49-44(33)28-35)31-14-12-30(13-15-31)40-26-36-8-4-24-47-45(36)46-39(40)11-5-25-48-46/h1-34H;1-28H. The van der Waals surface area contributed by atoms with Crippen molar-refractivity contribution < 1.29 is 0 Å². The molecule has 21 rings (SSSR count). The van der Waals surface area contributed by atoms with Crippen molar-refractivity contribution in [2.24, 2.45) is 0 Å². The highest BCUT2D eigenvalue weighted by molar-refractivity contribution is 6.12. The van der Waals surface area contributed by atoms with Gasteiger partial charge in [0.2, 0.25) is 0 Å². The van der Waals surface area contributed by atoms with E-state index in [4.69, 9.17) is 24.9 Å². The van der Waals surface area contributed by atoms with Gasteiger partial charge in [-0.25, -0.2) is 19.9 Å². The average Bonchev–Trinajstić information content (AvgIpc) is 0.768. The summed E-state index contributed by atoms with van der Waals surface area (Å²) in [5, 5.41) is 11.2. The van der Waals surface area contributed by atoms with Gasteiger partial charge in [0.1, 0.15) is 0 Å². The molecule has 21 aromatic rings. The molecule has 0 saturated carbocycles. The molecule has 8 heterocycles. The van der Waals surface area contributed by atoms with Gasteiger partial charge in [-0.2, -0.15) is 0 Å². The van der Waals surface area contributed by atoms with Crippen LogP contribution < -0.4 is 0 Å². The molecule has 108 heavy (non-hydrogen) atoms. The molecule has 0 radical (unpaired) electrons. The first-order valence-electron chi connectivity index (χ1n) is 36.3. The maximum absolute atomic E-state index is 5.22. The Labute approximate surface area is 622 Å². The second-order valence-corrected chi connectivity index (χ2v) is 27.4. The summed E-state index contributed by atoms with van der Waals surface area (Å²) in [4.78, 5) is 39.3. The number of hydrogen-bond donors (Lipinski definition) is 0. The Hall–Kier alpha value is -14.6. The molecule has 0 bridgehead atoms. The lowest BCUT2D eigenvalue weighted by molar-refractivity contribution is 1.37. The van der Waals surface area contributed by atoms with Crippen LogP contribution in [0.1, 0.15) is 0 Å². The zero-order valence-electron chi connectivity index (χ0n) is 58.4. The van der Waals surface area contributed by atoms with Crippen LogP contribution in [0.2, 0.25) is 0 Å². The van der Waals surface area contributed by atoms with Crippen molar-refractivity contribution in [3.8, 4) is 112 Å². The van der Waals surface area contributed by atoms with Crippen LogP contribution in [0.3, 0.4) is 0 Å². The predicted molar refractivity (Wildman–Crippen MR) is 447 cm³/mol. The monoisotopic (exact) mass is 1370 g/mol. The molecule has 8 heteroatoms. The fourth-order valence-electron chi connectivity index (χ4n) is 15.3. The summed E-state index contributed by atoms with van der Waals surface area (Å²) in [7, 11) is 0. The molecule has 0 amide bonds. The maximum Gasteiger partial charge on any atom is 0.0970 e. The number of hydrogen-bond acceptors (Lipinski definition) is 8. The van der Waals surface area contributed by atoms with Gasteiger partial charge < -0.3 is 0 Å². The van der Waals surface area contributed by atoms with E-state index in [2.05, 4.69) is 343 Å². The molecule has 0 aliphatic rings. The van der Waals surface area contributed by atoms with E-state index < -0.39 is 0 Å². The van der Waals surface area contributed by atoms with Crippen molar-refractivity contribution in [2.75, 3.05) is 0 Å². The highest BCUT2D eigenvalue weighted by atomic mass is 14.8. The molecule has 13 aromatic carbocycles. The fourth-order valence-corrected chi connectivity index (χ4v) is 15.3. The first-order chi connectivity index (χ1) is 53.4. The van der Waals surface area contributed by atoms with Crippen LogP contribution in [0, 0.1) is 0 Å². The molecule has 0 atom stereocenters. The predicted octanol–water partition coefficient (Wildman–Crippen LogP) is 25.6. The number of benzene rings is 13. The van der Waals surface area contributed by atoms with Crippen LogP contribution in [0.25, 0.3) is 210 Å². The Bertz CT molecular complexity index is 7040. The van der Waals surface area contributed by atoms with E-state index in [0.29, 0.717) is 0 Å². The molecule has 0 spiro atoms. The van der Waals surface area contributed by atoms with E-state index in [1.54, 1.807) is 0 Å². The minimum Gasteiger partial charge on any atom is -0.254 e. The summed E-state index contributed by atoms with van der Waals surface area (Å²) in [5.41, 5.74) is 29.3. The van der Waals surface area contributed by atoms with E-state index in [0.717, 1.165) is 171 Å². The number of pyridine rings is 8. The third kappa shape index (κ3) is 11.9. The minimum atomic E-state index is 0.915. The zero-order valence-corrected chi connectivity index (χ0v) is 58.4. The fraction of sp³-hybridized carbons (Fsp3) is 0. The first-order valence-corrected chi connectivity index (χ1v) is 36.3. The van der Waals surface area contributed by atoms with Crippen LogP contribution in [0.15, 0.2) is 377 Å². The smallest absolute Gasteiger partial charge is 0.0970 e.